The largest absolute Gasteiger partial charge is 0.387 e. The molecule has 1 N–H and O–H groups in total. The Kier molecular flexibility index (Phi) is 4.76. The van der Waals surface area contributed by atoms with E-state index in [2.05, 4.69) is 20.8 Å². The number of β-amino-alcohol motifs (C(OH)–C–C–N with tert-alkyl or cyclic N) is 1. The normalized spacial score (nSPS) is 28.9. The van der Waals surface area contributed by atoms with E-state index < -0.39 is 6.10 Å². The van der Waals surface area contributed by atoms with Crippen LogP contribution in [0.25, 0.3) is 0 Å². The number of benzene rings is 1. The third kappa shape index (κ3) is 3.25. The van der Waals surface area contributed by atoms with Crippen LogP contribution in [0.1, 0.15) is 37.4 Å². The molecule has 1 saturated carbocycles. The number of aliphatic hydroxyl groups excluding tert-OH is 1. The molecule has 0 bridgehead atoms. The Morgan fingerprint density at radius 1 is 1.25 bits per heavy atom. The molecule has 0 radical (unpaired) electrons. The third-order valence-corrected chi connectivity index (χ3v) is 5.04. The van der Waals surface area contributed by atoms with E-state index in [1.54, 1.807) is 0 Å². The van der Waals surface area contributed by atoms with Crippen molar-refractivity contribution in [2.75, 3.05) is 19.7 Å². The zero-order chi connectivity index (χ0) is 13.9. The van der Waals surface area contributed by atoms with Crippen molar-refractivity contribution in [3.05, 3.63) is 34.3 Å². The fourth-order valence-corrected chi connectivity index (χ4v) is 3.68. The predicted octanol–water partition coefficient (Wildman–Crippen LogP) is 3.13. The van der Waals surface area contributed by atoms with Gasteiger partial charge in [-0.3, -0.25) is 4.90 Å². The van der Waals surface area contributed by atoms with E-state index in [1.807, 2.05) is 24.3 Å². The standard InChI is InChI=1S/C16H22BrNO2/c17-13-7-5-12(6-8-13)15(19)11-18-9-10-20-16-4-2-1-3-14(16)18/h5-8,14-16,19H,1-4,9-11H2. The van der Waals surface area contributed by atoms with Gasteiger partial charge in [0.1, 0.15) is 0 Å². The van der Waals surface area contributed by atoms with Crippen LogP contribution in [0, 0.1) is 0 Å². The molecule has 0 aromatic heterocycles. The van der Waals surface area contributed by atoms with Crippen molar-refractivity contribution in [2.45, 2.75) is 43.9 Å². The van der Waals surface area contributed by atoms with Gasteiger partial charge in [0.05, 0.1) is 18.8 Å². The average Bonchev–Trinajstić information content (AvgIpc) is 2.48. The maximum Gasteiger partial charge on any atom is 0.0917 e. The number of morpholine rings is 1. The van der Waals surface area contributed by atoms with E-state index in [-0.39, 0.29) is 0 Å². The number of hydrogen-bond acceptors (Lipinski definition) is 3. The van der Waals surface area contributed by atoms with Crippen molar-refractivity contribution in [1.82, 2.24) is 4.90 Å². The zero-order valence-electron chi connectivity index (χ0n) is 11.7. The van der Waals surface area contributed by atoms with Gasteiger partial charge in [-0.1, -0.05) is 40.9 Å². The van der Waals surface area contributed by atoms with Crippen LogP contribution in [0.15, 0.2) is 28.7 Å². The number of rotatable bonds is 3. The summed E-state index contributed by atoms with van der Waals surface area (Å²) in [7, 11) is 0. The first kappa shape index (κ1) is 14.5. The summed E-state index contributed by atoms with van der Waals surface area (Å²) < 4.78 is 6.93. The highest BCUT2D eigenvalue weighted by atomic mass is 79.9. The summed E-state index contributed by atoms with van der Waals surface area (Å²) in [6.07, 6.45) is 4.92. The first-order chi connectivity index (χ1) is 9.74. The second kappa shape index (κ2) is 6.56. The number of nitrogens with zero attached hydrogens (tertiary/aromatic N) is 1. The van der Waals surface area contributed by atoms with Crippen LogP contribution in [0.5, 0.6) is 0 Å². The lowest BCUT2D eigenvalue weighted by Gasteiger charge is -2.44. The molecule has 20 heavy (non-hydrogen) atoms. The summed E-state index contributed by atoms with van der Waals surface area (Å²) in [5, 5.41) is 10.5. The van der Waals surface area contributed by atoms with Crippen LogP contribution >= 0.6 is 15.9 Å². The molecule has 110 valence electrons. The van der Waals surface area contributed by atoms with Crippen molar-refractivity contribution < 1.29 is 9.84 Å². The Balaban J connectivity index is 1.65. The van der Waals surface area contributed by atoms with Crippen molar-refractivity contribution in [1.29, 1.82) is 0 Å². The molecule has 0 amide bonds. The maximum atomic E-state index is 10.5. The van der Waals surface area contributed by atoms with Crippen molar-refractivity contribution >= 4 is 15.9 Å². The summed E-state index contributed by atoms with van der Waals surface area (Å²) in [4.78, 5) is 2.43. The van der Waals surface area contributed by atoms with Gasteiger partial charge < -0.3 is 9.84 Å². The highest BCUT2D eigenvalue weighted by Gasteiger charge is 2.34. The molecule has 1 aliphatic carbocycles. The number of ether oxygens (including phenoxy) is 1. The molecule has 3 atom stereocenters. The van der Waals surface area contributed by atoms with Crippen LogP contribution in [-0.2, 0) is 4.74 Å². The Morgan fingerprint density at radius 3 is 2.80 bits per heavy atom. The lowest BCUT2D eigenvalue weighted by molar-refractivity contribution is -0.0974. The molecule has 0 spiro atoms. The maximum absolute atomic E-state index is 10.5. The molecule has 2 aliphatic rings. The Morgan fingerprint density at radius 2 is 2.00 bits per heavy atom. The molecule has 2 fully saturated rings. The fourth-order valence-electron chi connectivity index (χ4n) is 3.42. The summed E-state index contributed by atoms with van der Waals surface area (Å²) in [5.74, 6) is 0. The lowest BCUT2D eigenvalue weighted by atomic mass is 9.89. The summed E-state index contributed by atoms with van der Waals surface area (Å²) in [6.45, 7) is 2.45. The van der Waals surface area contributed by atoms with Crippen molar-refractivity contribution in [3.8, 4) is 0 Å². The van der Waals surface area contributed by atoms with Gasteiger partial charge in [0.15, 0.2) is 0 Å². The molecule has 3 rings (SSSR count). The molecule has 4 heteroatoms. The first-order valence-corrected chi connectivity index (χ1v) is 8.32. The molecule has 1 aromatic carbocycles. The Hall–Kier alpha value is -0.420. The molecular weight excluding hydrogens is 318 g/mol. The minimum atomic E-state index is -0.413. The summed E-state index contributed by atoms with van der Waals surface area (Å²) in [5.41, 5.74) is 0.993. The highest BCUT2D eigenvalue weighted by molar-refractivity contribution is 9.10. The van der Waals surface area contributed by atoms with E-state index in [1.165, 1.54) is 25.7 Å². The van der Waals surface area contributed by atoms with E-state index >= 15 is 0 Å². The monoisotopic (exact) mass is 339 g/mol. The van der Waals surface area contributed by atoms with Crippen LogP contribution in [0.2, 0.25) is 0 Å². The van der Waals surface area contributed by atoms with Crippen LogP contribution in [0.3, 0.4) is 0 Å². The van der Waals surface area contributed by atoms with Gasteiger partial charge in [-0.05, 0) is 30.5 Å². The van der Waals surface area contributed by atoms with Crippen molar-refractivity contribution in [2.24, 2.45) is 0 Å². The first-order valence-electron chi connectivity index (χ1n) is 7.53. The van der Waals surface area contributed by atoms with E-state index in [9.17, 15) is 5.11 Å². The quantitative estimate of drug-likeness (QED) is 0.918. The van der Waals surface area contributed by atoms with Crippen LogP contribution in [0.4, 0.5) is 0 Å². The van der Waals surface area contributed by atoms with E-state index in [4.69, 9.17) is 4.74 Å². The SMILES string of the molecule is OC(CN1CCOC2CCCCC21)c1ccc(Br)cc1. The second-order valence-electron chi connectivity index (χ2n) is 5.82. The average molecular weight is 340 g/mol. The smallest absolute Gasteiger partial charge is 0.0917 e. The van der Waals surface area contributed by atoms with Gasteiger partial charge in [0, 0.05) is 23.6 Å². The van der Waals surface area contributed by atoms with Crippen molar-refractivity contribution in [3.63, 3.8) is 0 Å². The van der Waals surface area contributed by atoms with Gasteiger partial charge in [-0.25, -0.2) is 0 Å². The molecule has 1 aromatic rings. The molecule has 3 unspecified atom stereocenters. The van der Waals surface area contributed by atoms with E-state index in [0.29, 0.717) is 18.7 Å². The topological polar surface area (TPSA) is 32.7 Å². The van der Waals surface area contributed by atoms with Gasteiger partial charge in [0.25, 0.3) is 0 Å². The second-order valence-corrected chi connectivity index (χ2v) is 6.74. The number of hydrogen-bond donors (Lipinski definition) is 1. The summed E-state index contributed by atoms with van der Waals surface area (Å²) >= 11 is 3.43. The third-order valence-electron chi connectivity index (χ3n) is 4.51. The number of halogens is 1. The molecule has 1 heterocycles. The molecule has 1 aliphatic heterocycles. The minimum Gasteiger partial charge on any atom is -0.387 e. The molecule has 3 nitrogen and oxygen atoms in total. The van der Waals surface area contributed by atoms with Crippen LogP contribution in [-0.4, -0.2) is 41.8 Å². The zero-order valence-corrected chi connectivity index (χ0v) is 13.3. The van der Waals surface area contributed by atoms with Gasteiger partial charge in [-0.2, -0.15) is 0 Å². The van der Waals surface area contributed by atoms with Gasteiger partial charge in [-0.15, -0.1) is 0 Å². The number of aliphatic hydroxyl groups is 1. The minimum absolute atomic E-state index is 0.384. The summed E-state index contributed by atoms with van der Waals surface area (Å²) in [6, 6.07) is 8.46. The molecular formula is C16H22BrNO2. The molecule has 1 saturated heterocycles. The highest BCUT2D eigenvalue weighted by Crippen LogP contribution is 2.30. The Labute approximate surface area is 129 Å². The van der Waals surface area contributed by atoms with Crippen LogP contribution < -0.4 is 0 Å². The van der Waals surface area contributed by atoms with E-state index in [0.717, 1.165) is 23.2 Å². The Bertz CT molecular complexity index is 435. The number of fused-ring (bicyclic) bond motifs is 1. The predicted molar refractivity (Wildman–Crippen MR) is 82.7 cm³/mol. The van der Waals surface area contributed by atoms with Gasteiger partial charge in [0.2, 0.25) is 0 Å². The fraction of sp³-hybridized carbons (Fsp3) is 0.625. The lowest BCUT2D eigenvalue weighted by Crippen LogP contribution is -2.53. The van der Waals surface area contributed by atoms with Gasteiger partial charge >= 0.3 is 0 Å².